The van der Waals surface area contributed by atoms with Crippen molar-refractivity contribution in [2.45, 2.75) is 57.9 Å². The first-order valence-corrected chi connectivity index (χ1v) is 8.01. The summed E-state index contributed by atoms with van der Waals surface area (Å²) >= 11 is 0. The van der Waals surface area contributed by atoms with Crippen LogP contribution in [0.5, 0.6) is 0 Å². The number of hydrogen-bond acceptors (Lipinski definition) is 1. The highest BCUT2D eigenvalue weighted by atomic mass is 14.8. The Bertz CT molecular complexity index is 297. The summed E-state index contributed by atoms with van der Waals surface area (Å²) in [5.41, 5.74) is 6.66. The molecule has 0 aliphatic heterocycles. The van der Waals surface area contributed by atoms with Crippen LogP contribution in [0, 0.1) is 41.4 Å². The minimum atomic E-state index is 0.566. The molecule has 96 valence electrons. The van der Waals surface area contributed by atoms with Gasteiger partial charge in [-0.05, 0) is 73.5 Å². The van der Waals surface area contributed by atoms with Crippen molar-refractivity contribution in [1.29, 1.82) is 0 Å². The second-order valence-corrected chi connectivity index (χ2v) is 7.67. The SMILES string of the molecule is CC1CCCC(C(N)C2C3C4CCC(C4)C32)C1. The maximum absolute atomic E-state index is 6.66. The summed E-state index contributed by atoms with van der Waals surface area (Å²) in [4.78, 5) is 0. The molecule has 1 heteroatoms. The molecule has 2 N–H and O–H groups in total. The summed E-state index contributed by atoms with van der Waals surface area (Å²) < 4.78 is 0. The van der Waals surface area contributed by atoms with E-state index in [9.17, 15) is 0 Å². The van der Waals surface area contributed by atoms with E-state index in [0.717, 1.165) is 41.4 Å². The smallest absolute Gasteiger partial charge is 0.0101 e. The lowest BCUT2D eigenvalue weighted by Gasteiger charge is -2.32. The van der Waals surface area contributed by atoms with Gasteiger partial charge in [0.25, 0.3) is 0 Å². The second kappa shape index (κ2) is 3.73. The Morgan fingerprint density at radius 1 is 0.941 bits per heavy atom. The van der Waals surface area contributed by atoms with E-state index < -0.39 is 0 Å². The van der Waals surface area contributed by atoms with Gasteiger partial charge in [0.05, 0.1) is 0 Å². The molecule has 17 heavy (non-hydrogen) atoms. The molecular weight excluding hydrogens is 206 g/mol. The Morgan fingerprint density at radius 3 is 2.29 bits per heavy atom. The van der Waals surface area contributed by atoms with E-state index in [0.29, 0.717) is 6.04 Å². The van der Waals surface area contributed by atoms with Gasteiger partial charge in [-0.2, -0.15) is 0 Å². The average Bonchev–Trinajstić information content (AvgIpc) is 2.76. The standard InChI is InChI=1S/C16H27N/c1-9-3-2-4-12(7-9)16(17)15-13-10-5-6-11(8-10)14(13)15/h9-16H,2-8,17H2,1H3. The Hall–Kier alpha value is -0.0400. The van der Waals surface area contributed by atoms with Gasteiger partial charge in [0.15, 0.2) is 0 Å². The zero-order chi connectivity index (χ0) is 11.6. The van der Waals surface area contributed by atoms with Gasteiger partial charge in [0.2, 0.25) is 0 Å². The number of rotatable bonds is 2. The van der Waals surface area contributed by atoms with Crippen molar-refractivity contribution < 1.29 is 0 Å². The molecule has 0 aromatic heterocycles. The normalized spacial score (nSPS) is 57.9. The van der Waals surface area contributed by atoms with Crippen molar-refractivity contribution in [3.63, 3.8) is 0 Å². The molecule has 0 aromatic carbocycles. The van der Waals surface area contributed by atoms with E-state index >= 15 is 0 Å². The molecule has 7 unspecified atom stereocenters. The third-order valence-corrected chi connectivity index (χ3v) is 6.76. The van der Waals surface area contributed by atoms with Gasteiger partial charge in [0, 0.05) is 6.04 Å². The van der Waals surface area contributed by atoms with Crippen molar-refractivity contribution in [3.8, 4) is 0 Å². The molecule has 0 amide bonds. The first-order valence-electron chi connectivity index (χ1n) is 8.01. The van der Waals surface area contributed by atoms with E-state index in [1.54, 1.807) is 6.42 Å². The first kappa shape index (κ1) is 10.8. The Balaban J connectivity index is 1.43. The van der Waals surface area contributed by atoms with E-state index in [4.69, 9.17) is 5.73 Å². The molecule has 2 bridgehead atoms. The van der Waals surface area contributed by atoms with Crippen molar-refractivity contribution in [1.82, 2.24) is 0 Å². The van der Waals surface area contributed by atoms with Crippen LogP contribution < -0.4 is 5.73 Å². The molecule has 0 spiro atoms. The van der Waals surface area contributed by atoms with Crippen molar-refractivity contribution in [2.75, 3.05) is 0 Å². The lowest BCUT2D eigenvalue weighted by molar-refractivity contribution is 0.217. The molecule has 0 saturated heterocycles. The molecule has 0 heterocycles. The highest BCUT2D eigenvalue weighted by molar-refractivity contribution is 5.16. The number of fused-ring (bicyclic) bond motifs is 5. The quantitative estimate of drug-likeness (QED) is 0.777. The summed E-state index contributed by atoms with van der Waals surface area (Å²) in [5, 5.41) is 0. The van der Waals surface area contributed by atoms with Crippen molar-refractivity contribution in [3.05, 3.63) is 0 Å². The largest absolute Gasteiger partial charge is 0.327 e. The van der Waals surface area contributed by atoms with Crippen LogP contribution in [-0.2, 0) is 0 Å². The van der Waals surface area contributed by atoms with E-state index in [-0.39, 0.29) is 0 Å². The van der Waals surface area contributed by atoms with Crippen LogP contribution in [0.4, 0.5) is 0 Å². The van der Waals surface area contributed by atoms with E-state index in [1.165, 1.54) is 38.5 Å². The molecule has 4 rings (SSSR count). The zero-order valence-electron chi connectivity index (χ0n) is 11.1. The van der Waals surface area contributed by atoms with E-state index in [2.05, 4.69) is 6.92 Å². The van der Waals surface area contributed by atoms with Crippen LogP contribution in [0.2, 0.25) is 0 Å². The average molecular weight is 233 g/mol. The lowest BCUT2D eigenvalue weighted by Crippen LogP contribution is -2.37. The highest BCUT2D eigenvalue weighted by Crippen LogP contribution is 2.70. The van der Waals surface area contributed by atoms with Gasteiger partial charge < -0.3 is 5.73 Å². The third kappa shape index (κ3) is 1.54. The zero-order valence-corrected chi connectivity index (χ0v) is 11.1. The maximum Gasteiger partial charge on any atom is 0.0101 e. The molecule has 1 nitrogen and oxygen atoms in total. The van der Waals surface area contributed by atoms with Crippen LogP contribution in [0.1, 0.15) is 51.9 Å². The van der Waals surface area contributed by atoms with Gasteiger partial charge in [-0.3, -0.25) is 0 Å². The maximum atomic E-state index is 6.66. The fraction of sp³-hybridized carbons (Fsp3) is 1.00. The van der Waals surface area contributed by atoms with Crippen LogP contribution >= 0.6 is 0 Å². The van der Waals surface area contributed by atoms with Gasteiger partial charge in [0.1, 0.15) is 0 Å². The fourth-order valence-electron chi connectivity index (χ4n) is 6.05. The van der Waals surface area contributed by atoms with Gasteiger partial charge >= 0.3 is 0 Å². The summed E-state index contributed by atoms with van der Waals surface area (Å²) in [6.07, 6.45) is 10.4. The van der Waals surface area contributed by atoms with Crippen LogP contribution in [0.15, 0.2) is 0 Å². The molecule has 4 saturated carbocycles. The fourth-order valence-corrected chi connectivity index (χ4v) is 6.05. The van der Waals surface area contributed by atoms with Gasteiger partial charge in [-0.1, -0.05) is 19.8 Å². The Labute approximate surface area is 106 Å². The Morgan fingerprint density at radius 2 is 1.65 bits per heavy atom. The predicted octanol–water partition coefficient (Wildman–Crippen LogP) is 3.43. The van der Waals surface area contributed by atoms with Crippen LogP contribution in [0.25, 0.3) is 0 Å². The second-order valence-electron chi connectivity index (χ2n) is 7.67. The summed E-state index contributed by atoms with van der Waals surface area (Å²) in [5.74, 6) is 7.13. The molecule has 7 atom stereocenters. The Kier molecular flexibility index (Phi) is 2.38. The van der Waals surface area contributed by atoms with E-state index in [1.807, 2.05) is 0 Å². The van der Waals surface area contributed by atoms with Crippen LogP contribution in [-0.4, -0.2) is 6.04 Å². The van der Waals surface area contributed by atoms with Crippen molar-refractivity contribution >= 4 is 0 Å². The third-order valence-electron chi connectivity index (χ3n) is 6.76. The number of hydrogen-bond donors (Lipinski definition) is 1. The molecule has 4 aliphatic carbocycles. The van der Waals surface area contributed by atoms with Crippen LogP contribution in [0.3, 0.4) is 0 Å². The predicted molar refractivity (Wildman–Crippen MR) is 70.4 cm³/mol. The summed E-state index contributed by atoms with van der Waals surface area (Å²) in [6, 6.07) is 0.566. The molecule has 4 aliphatic rings. The molecular formula is C16H27N. The minimum Gasteiger partial charge on any atom is -0.327 e. The summed E-state index contributed by atoms with van der Waals surface area (Å²) in [7, 11) is 0. The highest BCUT2D eigenvalue weighted by Gasteiger charge is 2.66. The van der Waals surface area contributed by atoms with Gasteiger partial charge in [-0.15, -0.1) is 0 Å². The lowest BCUT2D eigenvalue weighted by atomic mass is 9.76. The van der Waals surface area contributed by atoms with Crippen molar-refractivity contribution in [2.24, 2.45) is 47.2 Å². The minimum absolute atomic E-state index is 0.566. The topological polar surface area (TPSA) is 26.0 Å². The summed E-state index contributed by atoms with van der Waals surface area (Å²) in [6.45, 7) is 2.43. The molecule has 4 fully saturated rings. The van der Waals surface area contributed by atoms with Gasteiger partial charge in [-0.25, -0.2) is 0 Å². The number of nitrogens with two attached hydrogens (primary N) is 1. The monoisotopic (exact) mass is 233 g/mol. The molecule has 0 radical (unpaired) electrons. The molecule has 0 aromatic rings. The first-order chi connectivity index (χ1) is 8.25.